The number of halogens is 2. The molecule has 0 aromatic heterocycles. The molecule has 0 radical (unpaired) electrons. The first-order valence-corrected chi connectivity index (χ1v) is 8.51. The van der Waals surface area contributed by atoms with E-state index in [0.717, 1.165) is 25.2 Å². The molecule has 1 N–H and O–H groups in total. The number of rotatable bonds is 6. The fourth-order valence-corrected chi connectivity index (χ4v) is 3.14. The Labute approximate surface area is 147 Å². The molecule has 0 atom stereocenters. The summed E-state index contributed by atoms with van der Waals surface area (Å²) in [4.78, 5) is 21.1. The molecule has 2 rings (SSSR count). The zero-order valence-electron chi connectivity index (χ0n) is 13.3. The fourth-order valence-electron chi connectivity index (χ4n) is 1.99. The van der Waals surface area contributed by atoms with Gasteiger partial charge in [0.2, 0.25) is 21.7 Å². The number of amides is 1. The van der Waals surface area contributed by atoms with E-state index in [1.54, 1.807) is 0 Å². The molecule has 0 bridgehead atoms. The zero-order chi connectivity index (χ0) is 19.5. The SMILES string of the molecule is CN(CC(=O)Nc1ccc(F)cc1)S(=O)(=O)c1ccc(F)c([N+](=O)[O-])c1. The normalized spacial score (nSPS) is 11.4. The highest BCUT2D eigenvalue weighted by molar-refractivity contribution is 7.89. The molecule has 0 aliphatic heterocycles. The van der Waals surface area contributed by atoms with E-state index in [1.807, 2.05) is 0 Å². The van der Waals surface area contributed by atoms with Gasteiger partial charge in [0.1, 0.15) is 5.82 Å². The number of nitrogens with one attached hydrogen (secondary N) is 1. The van der Waals surface area contributed by atoms with Crippen LogP contribution in [0.3, 0.4) is 0 Å². The predicted molar refractivity (Wildman–Crippen MR) is 87.9 cm³/mol. The van der Waals surface area contributed by atoms with Crippen molar-refractivity contribution in [3.8, 4) is 0 Å². The van der Waals surface area contributed by atoms with E-state index >= 15 is 0 Å². The maximum absolute atomic E-state index is 13.3. The summed E-state index contributed by atoms with van der Waals surface area (Å²) in [7, 11) is -3.17. The van der Waals surface area contributed by atoms with Crippen molar-refractivity contribution in [1.29, 1.82) is 0 Å². The Morgan fingerprint density at radius 2 is 1.81 bits per heavy atom. The second-order valence-corrected chi connectivity index (χ2v) is 7.23. The zero-order valence-corrected chi connectivity index (χ0v) is 14.2. The molecular weight excluding hydrogens is 372 g/mol. The van der Waals surface area contributed by atoms with Crippen LogP contribution in [0, 0.1) is 21.7 Å². The molecule has 0 fully saturated rings. The van der Waals surface area contributed by atoms with E-state index < -0.39 is 49.6 Å². The molecule has 0 saturated carbocycles. The smallest absolute Gasteiger partial charge is 0.306 e. The largest absolute Gasteiger partial charge is 0.325 e. The lowest BCUT2D eigenvalue weighted by Crippen LogP contribution is -2.35. The number of benzene rings is 2. The van der Waals surface area contributed by atoms with Crippen LogP contribution in [0.15, 0.2) is 47.4 Å². The number of nitrogens with zero attached hydrogens (tertiary/aromatic N) is 2. The average Bonchev–Trinajstić information content (AvgIpc) is 2.56. The molecule has 0 unspecified atom stereocenters. The first-order chi connectivity index (χ1) is 12.1. The number of anilines is 1. The number of hydrogen-bond acceptors (Lipinski definition) is 5. The van der Waals surface area contributed by atoms with Crippen LogP contribution in [-0.4, -0.2) is 37.1 Å². The van der Waals surface area contributed by atoms with Gasteiger partial charge in [-0.3, -0.25) is 14.9 Å². The first-order valence-electron chi connectivity index (χ1n) is 7.07. The summed E-state index contributed by atoms with van der Waals surface area (Å²) >= 11 is 0. The van der Waals surface area contributed by atoms with Gasteiger partial charge in [-0.1, -0.05) is 0 Å². The number of carbonyl (C=O) groups excluding carboxylic acids is 1. The van der Waals surface area contributed by atoms with E-state index in [4.69, 9.17) is 0 Å². The van der Waals surface area contributed by atoms with Crippen LogP contribution < -0.4 is 5.32 Å². The molecule has 2 aromatic rings. The van der Waals surface area contributed by atoms with Crippen molar-refractivity contribution in [2.45, 2.75) is 4.90 Å². The Morgan fingerprint density at radius 1 is 1.19 bits per heavy atom. The van der Waals surface area contributed by atoms with Gasteiger partial charge < -0.3 is 5.32 Å². The monoisotopic (exact) mass is 385 g/mol. The standard InChI is InChI=1S/C15H13F2N3O5S/c1-19(9-15(21)18-11-4-2-10(16)3-5-11)26(24,25)12-6-7-13(17)14(8-12)20(22)23/h2-8H,9H2,1H3,(H,18,21). The van der Waals surface area contributed by atoms with Crippen LogP contribution in [0.2, 0.25) is 0 Å². The average molecular weight is 385 g/mol. The quantitative estimate of drug-likeness (QED) is 0.605. The van der Waals surface area contributed by atoms with E-state index in [1.165, 1.54) is 12.1 Å². The maximum Gasteiger partial charge on any atom is 0.306 e. The summed E-state index contributed by atoms with van der Waals surface area (Å²) < 4.78 is 51.6. The molecule has 11 heteroatoms. The Balaban J connectivity index is 2.15. The Kier molecular flexibility index (Phi) is 5.63. The van der Waals surface area contributed by atoms with Gasteiger partial charge in [-0.05, 0) is 36.4 Å². The van der Waals surface area contributed by atoms with Crippen molar-refractivity contribution in [3.05, 3.63) is 64.2 Å². The number of carbonyl (C=O) groups is 1. The number of nitro groups is 1. The summed E-state index contributed by atoms with van der Waals surface area (Å²) in [6.07, 6.45) is 0. The molecule has 0 aliphatic carbocycles. The molecule has 138 valence electrons. The minimum Gasteiger partial charge on any atom is -0.325 e. The summed E-state index contributed by atoms with van der Waals surface area (Å²) in [5.41, 5.74) is -0.727. The van der Waals surface area contributed by atoms with Gasteiger partial charge in [-0.2, -0.15) is 8.70 Å². The lowest BCUT2D eigenvalue weighted by Gasteiger charge is -2.17. The molecule has 1 amide bonds. The topological polar surface area (TPSA) is 110 Å². The Hall–Kier alpha value is -2.92. The maximum atomic E-state index is 13.3. The lowest BCUT2D eigenvalue weighted by molar-refractivity contribution is -0.387. The summed E-state index contributed by atoms with van der Waals surface area (Å²) in [5.74, 6) is -2.38. The van der Waals surface area contributed by atoms with Crippen LogP contribution >= 0.6 is 0 Å². The highest BCUT2D eigenvalue weighted by Gasteiger charge is 2.26. The van der Waals surface area contributed by atoms with Crippen molar-refractivity contribution in [2.75, 3.05) is 18.9 Å². The third kappa shape index (κ3) is 4.37. The fraction of sp³-hybridized carbons (Fsp3) is 0.133. The van der Waals surface area contributed by atoms with E-state index in [-0.39, 0.29) is 5.69 Å². The highest BCUT2D eigenvalue weighted by Crippen LogP contribution is 2.23. The van der Waals surface area contributed by atoms with Gasteiger partial charge in [-0.25, -0.2) is 12.8 Å². The first kappa shape index (κ1) is 19.4. The van der Waals surface area contributed by atoms with E-state index in [2.05, 4.69) is 5.32 Å². The summed E-state index contributed by atoms with van der Waals surface area (Å²) in [5, 5.41) is 13.1. The van der Waals surface area contributed by atoms with Crippen molar-refractivity contribution in [3.63, 3.8) is 0 Å². The second-order valence-electron chi connectivity index (χ2n) is 5.19. The van der Waals surface area contributed by atoms with Crippen LogP contribution in [-0.2, 0) is 14.8 Å². The predicted octanol–water partition coefficient (Wildman–Crippen LogP) is 2.13. The minimum atomic E-state index is -4.26. The van der Waals surface area contributed by atoms with Crippen LogP contribution in [0.4, 0.5) is 20.2 Å². The van der Waals surface area contributed by atoms with Gasteiger partial charge in [0.15, 0.2) is 0 Å². The second kappa shape index (κ2) is 7.54. The van der Waals surface area contributed by atoms with E-state index in [9.17, 15) is 32.1 Å². The van der Waals surface area contributed by atoms with Crippen molar-refractivity contribution < 1.29 is 26.9 Å². The highest BCUT2D eigenvalue weighted by atomic mass is 32.2. The molecule has 26 heavy (non-hydrogen) atoms. The van der Waals surface area contributed by atoms with Gasteiger partial charge in [0, 0.05) is 18.8 Å². The van der Waals surface area contributed by atoms with E-state index in [0.29, 0.717) is 16.4 Å². The van der Waals surface area contributed by atoms with Crippen molar-refractivity contribution >= 4 is 27.3 Å². The van der Waals surface area contributed by atoms with Crippen LogP contribution in [0.25, 0.3) is 0 Å². The van der Waals surface area contributed by atoms with Crippen molar-refractivity contribution in [2.24, 2.45) is 0 Å². The molecule has 0 aliphatic rings. The van der Waals surface area contributed by atoms with Crippen LogP contribution in [0.5, 0.6) is 0 Å². The Morgan fingerprint density at radius 3 is 2.38 bits per heavy atom. The molecule has 0 saturated heterocycles. The van der Waals surface area contributed by atoms with Crippen molar-refractivity contribution in [1.82, 2.24) is 4.31 Å². The number of likely N-dealkylation sites (N-methyl/N-ethyl adjacent to an activating group) is 1. The summed E-state index contributed by atoms with van der Waals surface area (Å²) in [6.45, 7) is -0.606. The van der Waals surface area contributed by atoms with Gasteiger partial charge in [0.25, 0.3) is 0 Å². The number of nitro benzene ring substituents is 1. The van der Waals surface area contributed by atoms with Crippen LogP contribution in [0.1, 0.15) is 0 Å². The summed E-state index contributed by atoms with van der Waals surface area (Å²) in [6, 6.07) is 6.94. The lowest BCUT2D eigenvalue weighted by atomic mass is 10.3. The molecule has 8 nitrogen and oxygen atoms in total. The van der Waals surface area contributed by atoms with Gasteiger partial charge in [-0.15, -0.1) is 0 Å². The van der Waals surface area contributed by atoms with Gasteiger partial charge in [0.05, 0.1) is 16.4 Å². The Bertz CT molecular complexity index is 948. The molecule has 0 heterocycles. The minimum absolute atomic E-state index is 0.264. The third-order valence-corrected chi connectivity index (χ3v) is 5.12. The molecular formula is C15H13F2N3O5S. The molecule has 0 spiro atoms. The molecule has 2 aromatic carbocycles. The number of sulfonamides is 1. The van der Waals surface area contributed by atoms with Gasteiger partial charge >= 0.3 is 5.69 Å². The number of hydrogen-bond donors (Lipinski definition) is 1. The third-order valence-electron chi connectivity index (χ3n) is 3.32.